The van der Waals surface area contributed by atoms with Crippen LogP contribution in [-0.4, -0.2) is 9.13 Å². The summed E-state index contributed by atoms with van der Waals surface area (Å²) in [5, 5.41) is 7.82. The first-order valence-electron chi connectivity index (χ1n) is 19.3. The summed E-state index contributed by atoms with van der Waals surface area (Å²) in [7, 11) is 0. The molecule has 0 amide bonds. The molecule has 2 heterocycles. The first kappa shape index (κ1) is 31.0. The molecule has 0 radical (unpaired) electrons. The maximum absolute atomic E-state index is 2.64. The predicted molar refractivity (Wildman–Crippen MR) is 225 cm³/mol. The van der Waals surface area contributed by atoms with E-state index in [0.717, 1.165) is 0 Å². The minimum atomic E-state index is -0.148. The third-order valence-corrected chi connectivity index (χ3v) is 13.3. The van der Waals surface area contributed by atoms with E-state index in [1.165, 1.54) is 112 Å². The van der Waals surface area contributed by atoms with Gasteiger partial charge in [-0.15, -0.1) is 0 Å². The monoisotopic (exact) mass is 684 g/mol. The lowest BCUT2D eigenvalue weighted by molar-refractivity contribution is 0.332. The number of aromatic nitrogens is 2. The molecule has 0 spiro atoms. The summed E-state index contributed by atoms with van der Waals surface area (Å²) in [6.45, 7) is 14.6. The standard InChI is InChI=1S/C51H44N2/c1-49(2)25-26-50(3,4)41-30-46-36(27-40(41)49)37-28-45-38(47-33-18-11-10-15-31(33)23-24-42(47)52(45)32-16-8-7-9-17-32)29-44(37)53(46)43-22-14-20-35-34-19-12-13-21-39(34)51(5,6)48(35)43/h7-24,27-30H,25-26H2,1-6H3. The van der Waals surface area contributed by atoms with Crippen LogP contribution >= 0.6 is 0 Å². The Bertz CT molecular complexity index is 3020. The van der Waals surface area contributed by atoms with Gasteiger partial charge in [-0.1, -0.05) is 126 Å². The molecule has 0 atom stereocenters. The first-order valence-corrected chi connectivity index (χ1v) is 19.3. The Balaban J connectivity index is 1.36. The van der Waals surface area contributed by atoms with Gasteiger partial charge in [0.1, 0.15) is 0 Å². The summed E-state index contributed by atoms with van der Waals surface area (Å²) in [6.07, 6.45) is 2.38. The fraction of sp³-hybridized carbons (Fsp3) is 0.216. The van der Waals surface area contributed by atoms with Crippen LogP contribution in [0.25, 0.3) is 76.9 Å². The molecule has 2 heteroatoms. The van der Waals surface area contributed by atoms with E-state index in [9.17, 15) is 0 Å². The van der Waals surface area contributed by atoms with Gasteiger partial charge in [-0.25, -0.2) is 0 Å². The van der Waals surface area contributed by atoms with E-state index in [1.54, 1.807) is 0 Å². The van der Waals surface area contributed by atoms with Crippen LogP contribution in [0.4, 0.5) is 0 Å². The van der Waals surface area contributed by atoms with Crippen LogP contribution in [0.15, 0.2) is 133 Å². The van der Waals surface area contributed by atoms with E-state index in [4.69, 9.17) is 0 Å². The first-order chi connectivity index (χ1) is 25.5. The lowest BCUT2D eigenvalue weighted by Crippen LogP contribution is -2.33. The molecule has 0 saturated heterocycles. The average molecular weight is 685 g/mol. The van der Waals surface area contributed by atoms with Crippen molar-refractivity contribution in [2.45, 2.75) is 70.6 Å². The number of para-hydroxylation sites is 1. The van der Waals surface area contributed by atoms with Crippen molar-refractivity contribution in [3.05, 3.63) is 156 Å². The van der Waals surface area contributed by atoms with Gasteiger partial charge < -0.3 is 9.13 Å². The van der Waals surface area contributed by atoms with Gasteiger partial charge in [-0.05, 0) is 116 Å². The van der Waals surface area contributed by atoms with E-state index >= 15 is 0 Å². The second-order valence-corrected chi connectivity index (χ2v) is 17.6. The number of hydrogen-bond donors (Lipinski definition) is 0. The van der Waals surface area contributed by atoms with Crippen LogP contribution in [0.3, 0.4) is 0 Å². The average Bonchev–Trinajstić information content (AvgIpc) is 3.75. The summed E-state index contributed by atoms with van der Waals surface area (Å²) in [4.78, 5) is 0. The maximum atomic E-state index is 2.64. The highest BCUT2D eigenvalue weighted by Crippen LogP contribution is 2.54. The molecule has 53 heavy (non-hydrogen) atoms. The van der Waals surface area contributed by atoms with Crippen molar-refractivity contribution in [1.29, 1.82) is 0 Å². The molecular weight excluding hydrogens is 641 g/mol. The highest BCUT2D eigenvalue weighted by atomic mass is 15.0. The van der Waals surface area contributed by atoms with Gasteiger partial charge in [0.2, 0.25) is 0 Å². The van der Waals surface area contributed by atoms with Gasteiger partial charge in [0, 0.05) is 32.6 Å². The summed E-state index contributed by atoms with van der Waals surface area (Å²) < 4.78 is 5.14. The Labute approximate surface area is 311 Å². The molecular formula is C51H44N2. The minimum Gasteiger partial charge on any atom is -0.309 e. The second-order valence-electron chi connectivity index (χ2n) is 17.6. The largest absolute Gasteiger partial charge is 0.309 e. The molecule has 0 fully saturated rings. The minimum absolute atomic E-state index is 0.0954. The zero-order valence-corrected chi connectivity index (χ0v) is 31.5. The van der Waals surface area contributed by atoms with Crippen LogP contribution in [0.2, 0.25) is 0 Å². The van der Waals surface area contributed by atoms with Crippen molar-refractivity contribution in [1.82, 2.24) is 9.13 Å². The summed E-state index contributed by atoms with van der Waals surface area (Å²) in [5.74, 6) is 0. The molecule has 0 N–H and O–H groups in total. The Hall–Kier alpha value is -5.60. The quantitative estimate of drug-likeness (QED) is 0.172. The normalized spacial score (nSPS) is 16.8. The Morgan fingerprint density at radius 1 is 0.434 bits per heavy atom. The lowest BCUT2D eigenvalue weighted by atomic mass is 9.63. The molecule has 2 aliphatic rings. The molecule has 2 nitrogen and oxygen atoms in total. The van der Waals surface area contributed by atoms with Crippen molar-refractivity contribution >= 4 is 54.4 Å². The summed E-state index contributed by atoms with van der Waals surface area (Å²) in [6, 6.07) is 50.7. The topological polar surface area (TPSA) is 9.86 Å². The number of hydrogen-bond acceptors (Lipinski definition) is 0. The Kier molecular flexibility index (Phi) is 6.01. The van der Waals surface area contributed by atoms with Gasteiger partial charge in [0.05, 0.1) is 27.8 Å². The van der Waals surface area contributed by atoms with E-state index < -0.39 is 0 Å². The fourth-order valence-electron chi connectivity index (χ4n) is 10.5. The molecule has 9 aromatic rings. The van der Waals surface area contributed by atoms with Gasteiger partial charge >= 0.3 is 0 Å². The van der Waals surface area contributed by atoms with E-state index in [-0.39, 0.29) is 16.2 Å². The number of benzene rings is 7. The van der Waals surface area contributed by atoms with Crippen LogP contribution in [0.5, 0.6) is 0 Å². The molecule has 11 rings (SSSR count). The third kappa shape index (κ3) is 4.04. The van der Waals surface area contributed by atoms with Crippen molar-refractivity contribution in [3.8, 4) is 22.5 Å². The van der Waals surface area contributed by atoms with Crippen molar-refractivity contribution in [3.63, 3.8) is 0 Å². The van der Waals surface area contributed by atoms with Gasteiger partial charge in [0.15, 0.2) is 0 Å². The molecule has 0 unspecified atom stereocenters. The summed E-state index contributed by atoms with van der Waals surface area (Å²) >= 11 is 0. The molecule has 2 aromatic heterocycles. The second kappa shape index (κ2) is 10.3. The van der Waals surface area contributed by atoms with E-state index in [0.29, 0.717) is 0 Å². The molecule has 0 aliphatic heterocycles. The van der Waals surface area contributed by atoms with Crippen molar-refractivity contribution in [2.24, 2.45) is 0 Å². The summed E-state index contributed by atoms with van der Waals surface area (Å²) in [5.41, 5.74) is 16.1. The van der Waals surface area contributed by atoms with Crippen molar-refractivity contribution < 1.29 is 0 Å². The third-order valence-electron chi connectivity index (χ3n) is 13.3. The fourth-order valence-corrected chi connectivity index (χ4v) is 10.5. The van der Waals surface area contributed by atoms with Crippen LogP contribution in [-0.2, 0) is 16.2 Å². The number of fused-ring (bicyclic) bond motifs is 12. The lowest BCUT2D eigenvalue weighted by Gasteiger charge is -2.42. The molecule has 0 saturated carbocycles. The zero-order chi connectivity index (χ0) is 36.0. The van der Waals surface area contributed by atoms with Gasteiger partial charge in [0.25, 0.3) is 0 Å². The predicted octanol–water partition coefficient (Wildman–Crippen LogP) is 13.7. The highest BCUT2D eigenvalue weighted by molar-refractivity contribution is 6.25. The van der Waals surface area contributed by atoms with Gasteiger partial charge in [-0.2, -0.15) is 0 Å². The highest BCUT2D eigenvalue weighted by Gasteiger charge is 2.40. The molecule has 2 aliphatic carbocycles. The van der Waals surface area contributed by atoms with Crippen LogP contribution in [0.1, 0.15) is 76.6 Å². The Morgan fingerprint density at radius 3 is 1.87 bits per heavy atom. The smallest absolute Gasteiger partial charge is 0.0549 e. The van der Waals surface area contributed by atoms with E-state index in [2.05, 4.69) is 184 Å². The molecule has 7 aromatic carbocycles. The van der Waals surface area contributed by atoms with Crippen LogP contribution in [0, 0.1) is 0 Å². The van der Waals surface area contributed by atoms with Crippen molar-refractivity contribution in [2.75, 3.05) is 0 Å². The van der Waals surface area contributed by atoms with Crippen LogP contribution < -0.4 is 0 Å². The number of nitrogens with zero attached hydrogens (tertiary/aromatic N) is 2. The maximum Gasteiger partial charge on any atom is 0.0549 e. The SMILES string of the molecule is CC1(C)CCC(C)(C)c2cc3c(cc21)c1cc2c(cc1n3-c1cccc3c1C(C)(C)c1ccccc1-3)c1c3ccccc3ccc1n2-c1ccccc1. The Morgan fingerprint density at radius 2 is 1.06 bits per heavy atom. The number of rotatable bonds is 2. The molecule has 258 valence electrons. The van der Waals surface area contributed by atoms with E-state index in [1.807, 2.05) is 0 Å². The zero-order valence-electron chi connectivity index (χ0n) is 31.5. The molecule has 0 bridgehead atoms. The van der Waals surface area contributed by atoms with Gasteiger partial charge in [-0.3, -0.25) is 0 Å².